The van der Waals surface area contributed by atoms with Crippen LogP contribution < -0.4 is 9.47 Å². The Kier molecular flexibility index (Phi) is 19.7. The van der Waals surface area contributed by atoms with Gasteiger partial charge in [-0.2, -0.15) is 0 Å². The predicted molar refractivity (Wildman–Crippen MR) is 247 cm³/mol. The molecule has 6 rings (SSSR count). The minimum absolute atomic E-state index is 0.192. The summed E-state index contributed by atoms with van der Waals surface area (Å²) in [5.74, 6) is 1.76. The maximum Gasteiger partial charge on any atom is 0.508 e. The number of benzene rings is 4. The highest BCUT2D eigenvalue weighted by atomic mass is 16.7. The zero-order valence-electron chi connectivity index (χ0n) is 38.0. The summed E-state index contributed by atoms with van der Waals surface area (Å²) in [4.78, 5) is 23.6. The van der Waals surface area contributed by atoms with E-state index in [2.05, 4.69) is 45.0 Å². The average Bonchev–Trinajstić information content (AvgIpc) is 3.31. The molecule has 0 aromatic heterocycles. The number of carbonyl (C=O) groups is 2. The van der Waals surface area contributed by atoms with Crippen molar-refractivity contribution in [2.75, 3.05) is 26.4 Å². The Hall–Kier alpha value is -5.06. The van der Waals surface area contributed by atoms with Gasteiger partial charge >= 0.3 is 12.3 Å². The van der Waals surface area contributed by atoms with Gasteiger partial charge in [0.15, 0.2) is 0 Å². The second kappa shape index (κ2) is 25.3. The summed E-state index contributed by atoms with van der Waals surface area (Å²) in [6.07, 6.45) is 9.94. The van der Waals surface area contributed by atoms with E-state index in [0.717, 1.165) is 103 Å². The predicted octanol–water partition coefficient (Wildman–Crippen LogP) is 12.8. The summed E-state index contributed by atoms with van der Waals surface area (Å²) >= 11 is 0. The van der Waals surface area contributed by atoms with E-state index in [0.29, 0.717) is 64.6 Å². The third-order valence-corrected chi connectivity index (χ3v) is 11.9. The maximum absolute atomic E-state index is 11.8. The van der Waals surface area contributed by atoms with Crippen molar-refractivity contribution in [3.8, 4) is 33.8 Å². The van der Waals surface area contributed by atoms with Crippen LogP contribution in [-0.2, 0) is 30.1 Å². The van der Waals surface area contributed by atoms with Crippen LogP contribution in [0.2, 0.25) is 0 Å². The lowest BCUT2D eigenvalue weighted by Crippen LogP contribution is -2.35. The van der Waals surface area contributed by atoms with Crippen molar-refractivity contribution < 1.29 is 48.2 Å². The Bertz CT molecular complexity index is 1910. The molecule has 4 aromatic rings. The molecule has 0 unspecified atom stereocenters. The molecule has 0 aliphatic heterocycles. The topological polar surface area (TPSA) is 130 Å². The van der Waals surface area contributed by atoms with Crippen molar-refractivity contribution in [3.05, 3.63) is 108 Å². The quantitative estimate of drug-likeness (QED) is 0.0694. The first-order valence-electron chi connectivity index (χ1n) is 23.4. The molecule has 0 saturated heterocycles. The highest BCUT2D eigenvalue weighted by Crippen LogP contribution is 2.40. The van der Waals surface area contributed by atoms with Gasteiger partial charge in [-0.05, 0) is 135 Å². The molecule has 0 radical (unpaired) electrons. The van der Waals surface area contributed by atoms with E-state index in [4.69, 9.17) is 28.4 Å². The van der Waals surface area contributed by atoms with E-state index >= 15 is 0 Å². The lowest BCUT2D eigenvalue weighted by molar-refractivity contribution is -0.0538. The van der Waals surface area contributed by atoms with Crippen LogP contribution >= 0.6 is 0 Å². The third kappa shape index (κ3) is 15.3. The first-order chi connectivity index (χ1) is 30.6. The summed E-state index contributed by atoms with van der Waals surface area (Å²) in [5.41, 5.74) is 4.46. The molecule has 10 nitrogen and oxygen atoms in total. The van der Waals surface area contributed by atoms with Gasteiger partial charge in [0.05, 0.1) is 37.6 Å². The van der Waals surface area contributed by atoms with Crippen LogP contribution in [-0.4, -0.2) is 61.2 Å². The minimum Gasteiger partial charge on any atom is -0.494 e. The first-order valence-corrected chi connectivity index (χ1v) is 23.4. The second-order valence-corrected chi connectivity index (χ2v) is 16.9. The van der Waals surface area contributed by atoms with Crippen LogP contribution in [0.4, 0.5) is 9.59 Å². The van der Waals surface area contributed by atoms with Crippen molar-refractivity contribution in [3.63, 3.8) is 0 Å². The monoisotopic (exact) mass is 866 g/mol. The number of hydrogen-bond acceptors (Lipinski definition) is 10. The summed E-state index contributed by atoms with van der Waals surface area (Å²) in [6.45, 7) is 10.6. The normalized spacial score (nSPS) is 20.7. The summed E-state index contributed by atoms with van der Waals surface area (Å²) in [6, 6.07) is 32.3. The van der Waals surface area contributed by atoms with Crippen LogP contribution in [0, 0.1) is 0 Å². The van der Waals surface area contributed by atoms with Gasteiger partial charge in [-0.3, -0.25) is 0 Å². The van der Waals surface area contributed by atoms with E-state index in [1.54, 1.807) is 0 Å². The maximum atomic E-state index is 11.8. The molecule has 2 fully saturated rings. The molecule has 0 bridgehead atoms. The number of hydrogen-bond donors (Lipinski definition) is 2. The van der Waals surface area contributed by atoms with Gasteiger partial charge in [0.1, 0.15) is 23.7 Å². The van der Waals surface area contributed by atoms with Crippen LogP contribution in [0.5, 0.6) is 11.5 Å². The summed E-state index contributed by atoms with van der Waals surface area (Å²) in [5, 5.41) is 22.3. The number of unbranched alkanes of at least 4 members (excludes halogenated alkanes) is 3. The second-order valence-electron chi connectivity index (χ2n) is 16.9. The van der Waals surface area contributed by atoms with Gasteiger partial charge in [-0.1, -0.05) is 120 Å². The summed E-state index contributed by atoms with van der Waals surface area (Å²) in [7, 11) is 0. The molecular weight excluding hydrogens is 797 g/mol. The molecular formula is C53H70O10. The fourth-order valence-electron chi connectivity index (χ4n) is 7.97. The fourth-order valence-corrected chi connectivity index (χ4v) is 7.97. The van der Waals surface area contributed by atoms with Crippen LogP contribution in [0.3, 0.4) is 0 Å². The van der Waals surface area contributed by atoms with Crippen molar-refractivity contribution in [1.82, 2.24) is 0 Å². The fraction of sp³-hybridized carbons (Fsp3) is 0.509. The molecule has 0 atom stereocenters. The Morgan fingerprint density at radius 2 is 0.794 bits per heavy atom. The average molecular weight is 867 g/mol. The molecule has 2 saturated carbocycles. The first kappa shape index (κ1) is 49.0. The molecule has 63 heavy (non-hydrogen) atoms. The largest absolute Gasteiger partial charge is 0.508 e. The molecule has 0 spiro atoms. The van der Waals surface area contributed by atoms with Crippen LogP contribution in [0.15, 0.2) is 97.1 Å². The molecule has 4 aromatic carbocycles. The Balaban J connectivity index is 0.000000238. The van der Waals surface area contributed by atoms with E-state index in [9.17, 15) is 19.8 Å². The number of aliphatic hydroxyl groups is 2. The van der Waals surface area contributed by atoms with Crippen molar-refractivity contribution in [2.45, 2.75) is 147 Å². The Labute approximate surface area is 375 Å². The lowest BCUT2D eigenvalue weighted by Gasteiger charge is -2.36. The molecule has 2 aliphatic carbocycles. The SMILES string of the molecule is CCCCCOC(=O)OC1CCC(O)(c2ccc(-c3ccc(OCCC)cc3)cc2)CC1.CCCCOC(=O)OC1CCC(O)(c2ccc(-c3ccc(OCCC)cc3)cc2)CC1. The van der Waals surface area contributed by atoms with Crippen LogP contribution in [0.25, 0.3) is 22.3 Å². The minimum atomic E-state index is -0.888. The number of rotatable bonds is 19. The zero-order valence-corrected chi connectivity index (χ0v) is 38.0. The van der Waals surface area contributed by atoms with Gasteiger partial charge in [0.25, 0.3) is 0 Å². The molecule has 0 heterocycles. The van der Waals surface area contributed by atoms with Gasteiger partial charge < -0.3 is 38.6 Å². The van der Waals surface area contributed by atoms with Gasteiger partial charge in [-0.15, -0.1) is 0 Å². The van der Waals surface area contributed by atoms with Crippen molar-refractivity contribution >= 4 is 12.3 Å². The van der Waals surface area contributed by atoms with Crippen LogP contribution in [0.1, 0.15) is 135 Å². The number of carbonyl (C=O) groups excluding carboxylic acids is 2. The van der Waals surface area contributed by atoms with E-state index in [1.165, 1.54) is 0 Å². The summed E-state index contributed by atoms with van der Waals surface area (Å²) < 4.78 is 32.3. The Morgan fingerprint density at radius 1 is 0.460 bits per heavy atom. The standard InChI is InChI=1S/C27H36O5.C26H34O5/c1-3-5-6-20-31-26(28)32-25-15-17-27(29,18-16-25)23-11-7-21(8-12-23)22-9-13-24(14-10-22)30-19-4-2;1-3-5-19-30-25(27)31-24-14-16-26(28,17-15-24)22-10-6-20(7-11-22)21-8-12-23(13-9-21)29-18-4-2/h7-14,25,29H,3-6,15-20H2,1-2H3;6-13,24,28H,3-5,14-19H2,1-2H3. The number of ether oxygens (including phenoxy) is 6. The molecule has 2 aliphatic rings. The zero-order chi connectivity index (χ0) is 44.9. The lowest BCUT2D eigenvalue weighted by atomic mass is 9.78. The highest BCUT2D eigenvalue weighted by molar-refractivity contribution is 5.66. The van der Waals surface area contributed by atoms with E-state index < -0.39 is 23.5 Å². The van der Waals surface area contributed by atoms with Gasteiger partial charge in [-0.25, -0.2) is 9.59 Å². The van der Waals surface area contributed by atoms with E-state index in [-0.39, 0.29) is 12.2 Å². The highest BCUT2D eigenvalue weighted by Gasteiger charge is 2.37. The molecule has 10 heteroatoms. The molecule has 0 amide bonds. The smallest absolute Gasteiger partial charge is 0.494 e. The molecule has 2 N–H and O–H groups in total. The van der Waals surface area contributed by atoms with Crippen molar-refractivity contribution in [1.29, 1.82) is 0 Å². The third-order valence-electron chi connectivity index (χ3n) is 11.9. The Morgan fingerprint density at radius 3 is 1.13 bits per heavy atom. The van der Waals surface area contributed by atoms with Crippen molar-refractivity contribution in [2.24, 2.45) is 0 Å². The van der Waals surface area contributed by atoms with Gasteiger partial charge in [0, 0.05) is 0 Å². The van der Waals surface area contributed by atoms with E-state index in [1.807, 2.05) is 79.7 Å². The van der Waals surface area contributed by atoms with Gasteiger partial charge in [0.2, 0.25) is 0 Å². The molecule has 342 valence electrons.